The van der Waals surface area contributed by atoms with Crippen LogP contribution in [-0.2, 0) is 13.6 Å². The molecule has 2 heterocycles. The fraction of sp³-hybridized carbons (Fsp3) is 0.700. The average molecular weight is 194 g/mol. The quantitative estimate of drug-likeness (QED) is 0.738. The Morgan fingerprint density at radius 1 is 1.64 bits per heavy atom. The Kier molecular flexibility index (Phi) is 2.84. The molecule has 14 heavy (non-hydrogen) atoms. The van der Waals surface area contributed by atoms with Crippen molar-refractivity contribution in [2.45, 2.75) is 25.4 Å². The predicted molar refractivity (Wildman–Crippen MR) is 55.7 cm³/mol. The fourth-order valence-electron chi connectivity index (χ4n) is 1.98. The number of hydrogen-bond acceptors (Lipinski definition) is 3. The Labute approximate surface area is 84.7 Å². The second-order valence-electron chi connectivity index (χ2n) is 4.09. The summed E-state index contributed by atoms with van der Waals surface area (Å²) in [6.45, 7) is 3.09. The zero-order valence-corrected chi connectivity index (χ0v) is 8.69. The van der Waals surface area contributed by atoms with Crippen molar-refractivity contribution in [3.8, 4) is 0 Å². The number of piperidine rings is 1. The summed E-state index contributed by atoms with van der Waals surface area (Å²) in [5.74, 6) is 1.12. The predicted octanol–water partition coefficient (Wildman–Crippen LogP) is 0.343. The maximum absolute atomic E-state index is 5.92. The minimum absolute atomic E-state index is 0.351. The number of rotatable bonds is 2. The summed E-state index contributed by atoms with van der Waals surface area (Å²) >= 11 is 0. The Hall–Kier alpha value is -0.870. The van der Waals surface area contributed by atoms with Gasteiger partial charge < -0.3 is 10.3 Å². The second kappa shape index (κ2) is 4.11. The van der Waals surface area contributed by atoms with Crippen LogP contribution in [0.2, 0.25) is 0 Å². The Morgan fingerprint density at radius 2 is 2.50 bits per heavy atom. The molecule has 1 unspecified atom stereocenters. The van der Waals surface area contributed by atoms with Crippen molar-refractivity contribution < 1.29 is 0 Å². The molecule has 4 heteroatoms. The minimum atomic E-state index is 0.351. The van der Waals surface area contributed by atoms with Crippen LogP contribution in [0.15, 0.2) is 12.4 Å². The van der Waals surface area contributed by atoms with E-state index in [1.807, 2.05) is 19.4 Å². The van der Waals surface area contributed by atoms with Gasteiger partial charge in [-0.1, -0.05) is 0 Å². The van der Waals surface area contributed by atoms with Crippen molar-refractivity contribution in [2.24, 2.45) is 12.8 Å². The van der Waals surface area contributed by atoms with Gasteiger partial charge in [0.05, 0.1) is 6.54 Å². The van der Waals surface area contributed by atoms with Gasteiger partial charge in [-0.3, -0.25) is 4.90 Å². The Bertz CT molecular complexity index is 294. The third-order valence-corrected chi connectivity index (χ3v) is 2.83. The number of imidazole rings is 1. The molecular weight excluding hydrogens is 176 g/mol. The molecule has 0 saturated carbocycles. The normalized spacial score (nSPS) is 24.0. The molecule has 1 aromatic heterocycles. The number of likely N-dealkylation sites (tertiary alicyclic amines) is 1. The molecule has 2 rings (SSSR count). The summed E-state index contributed by atoms with van der Waals surface area (Å²) < 4.78 is 2.07. The molecule has 0 bridgehead atoms. The van der Waals surface area contributed by atoms with E-state index in [1.165, 1.54) is 6.42 Å². The lowest BCUT2D eigenvalue weighted by Gasteiger charge is -2.30. The van der Waals surface area contributed by atoms with Gasteiger partial charge in [-0.15, -0.1) is 0 Å². The van der Waals surface area contributed by atoms with Gasteiger partial charge in [0.15, 0.2) is 0 Å². The summed E-state index contributed by atoms with van der Waals surface area (Å²) in [5.41, 5.74) is 5.92. The smallest absolute Gasteiger partial charge is 0.122 e. The van der Waals surface area contributed by atoms with Gasteiger partial charge in [-0.05, 0) is 19.4 Å². The highest BCUT2D eigenvalue weighted by atomic mass is 15.2. The Balaban J connectivity index is 1.94. The molecular formula is C10H18N4. The molecule has 78 valence electrons. The molecule has 1 atom stereocenters. The monoisotopic (exact) mass is 194 g/mol. The van der Waals surface area contributed by atoms with Gasteiger partial charge in [-0.2, -0.15) is 0 Å². The van der Waals surface area contributed by atoms with Crippen molar-refractivity contribution in [3.63, 3.8) is 0 Å². The van der Waals surface area contributed by atoms with Crippen LogP contribution in [0.5, 0.6) is 0 Å². The summed E-state index contributed by atoms with van der Waals surface area (Å²) in [4.78, 5) is 6.70. The fourth-order valence-corrected chi connectivity index (χ4v) is 1.98. The van der Waals surface area contributed by atoms with Crippen molar-refractivity contribution in [1.29, 1.82) is 0 Å². The first kappa shape index (κ1) is 9.68. The zero-order chi connectivity index (χ0) is 9.97. The van der Waals surface area contributed by atoms with E-state index < -0.39 is 0 Å². The maximum atomic E-state index is 5.92. The lowest BCUT2D eigenvalue weighted by atomic mass is 10.1. The van der Waals surface area contributed by atoms with Crippen LogP contribution < -0.4 is 5.73 Å². The van der Waals surface area contributed by atoms with Gasteiger partial charge in [0.1, 0.15) is 5.82 Å². The minimum Gasteiger partial charge on any atom is -0.337 e. The molecule has 1 aromatic rings. The number of nitrogens with two attached hydrogens (primary N) is 1. The van der Waals surface area contributed by atoms with Crippen molar-refractivity contribution in [2.75, 3.05) is 13.1 Å². The van der Waals surface area contributed by atoms with Crippen LogP contribution in [0, 0.1) is 0 Å². The first-order chi connectivity index (χ1) is 6.75. The van der Waals surface area contributed by atoms with Crippen LogP contribution in [0.25, 0.3) is 0 Å². The molecule has 1 aliphatic rings. The Morgan fingerprint density at radius 3 is 3.14 bits per heavy atom. The largest absolute Gasteiger partial charge is 0.337 e. The maximum Gasteiger partial charge on any atom is 0.122 e. The highest BCUT2D eigenvalue weighted by molar-refractivity contribution is 4.92. The van der Waals surface area contributed by atoms with Crippen molar-refractivity contribution in [1.82, 2.24) is 14.5 Å². The van der Waals surface area contributed by atoms with E-state index in [2.05, 4.69) is 14.5 Å². The average Bonchev–Trinajstić information content (AvgIpc) is 2.52. The lowest BCUT2D eigenvalue weighted by Crippen LogP contribution is -2.42. The summed E-state index contributed by atoms with van der Waals surface area (Å²) in [6, 6.07) is 0.351. The van der Waals surface area contributed by atoms with Gasteiger partial charge >= 0.3 is 0 Å². The summed E-state index contributed by atoms with van der Waals surface area (Å²) in [5, 5.41) is 0. The number of aromatic nitrogens is 2. The number of hydrogen-bond donors (Lipinski definition) is 1. The first-order valence-electron chi connectivity index (χ1n) is 5.20. The SMILES string of the molecule is Cn1ccnc1CN1CCCC(N)C1. The van der Waals surface area contributed by atoms with Gasteiger partial charge in [0.2, 0.25) is 0 Å². The van der Waals surface area contributed by atoms with Crippen molar-refractivity contribution in [3.05, 3.63) is 18.2 Å². The second-order valence-corrected chi connectivity index (χ2v) is 4.09. The third-order valence-electron chi connectivity index (χ3n) is 2.83. The molecule has 0 amide bonds. The molecule has 0 spiro atoms. The van der Waals surface area contributed by atoms with E-state index in [4.69, 9.17) is 5.73 Å². The molecule has 0 aliphatic carbocycles. The molecule has 1 fully saturated rings. The van der Waals surface area contributed by atoms with Gasteiger partial charge in [0, 0.05) is 32.0 Å². The standard InChI is InChI=1S/C10H18N4/c1-13-6-4-12-10(13)8-14-5-2-3-9(11)7-14/h4,6,9H,2-3,5,7-8,11H2,1H3. The van der Waals surface area contributed by atoms with Crippen LogP contribution >= 0.6 is 0 Å². The van der Waals surface area contributed by atoms with Crippen molar-refractivity contribution >= 4 is 0 Å². The van der Waals surface area contributed by atoms with E-state index in [0.717, 1.165) is 31.9 Å². The number of nitrogens with zero attached hydrogens (tertiary/aromatic N) is 3. The molecule has 2 N–H and O–H groups in total. The summed E-state index contributed by atoms with van der Waals surface area (Å²) in [7, 11) is 2.03. The molecule has 4 nitrogen and oxygen atoms in total. The van der Waals surface area contributed by atoms with E-state index in [0.29, 0.717) is 6.04 Å². The van der Waals surface area contributed by atoms with E-state index in [1.54, 1.807) is 0 Å². The van der Waals surface area contributed by atoms with Crippen LogP contribution in [-0.4, -0.2) is 33.6 Å². The molecule has 1 saturated heterocycles. The highest BCUT2D eigenvalue weighted by Crippen LogP contribution is 2.10. The first-order valence-corrected chi connectivity index (χ1v) is 5.20. The van der Waals surface area contributed by atoms with E-state index in [-0.39, 0.29) is 0 Å². The van der Waals surface area contributed by atoms with Crippen LogP contribution in [0.3, 0.4) is 0 Å². The third kappa shape index (κ3) is 2.13. The molecule has 0 radical (unpaired) electrons. The summed E-state index contributed by atoms with van der Waals surface area (Å²) in [6.07, 6.45) is 6.21. The van der Waals surface area contributed by atoms with Gasteiger partial charge in [-0.25, -0.2) is 4.98 Å². The topological polar surface area (TPSA) is 47.1 Å². The zero-order valence-electron chi connectivity index (χ0n) is 8.69. The molecule has 1 aliphatic heterocycles. The highest BCUT2D eigenvalue weighted by Gasteiger charge is 2.17. The van der Waals surface area contributed by atoms with Gasteiger partial charge in [0.25, 0.3) is 0 Å². The number of aryl methyl sites for hydroxylation is 1. The van der Waals surface area contributed by atoms with Crippen LogP contribution in [0.1, 0.15) is 18.7 Å². The van der Waals surface area contributed by atoms with E-state index >= 15 is 0 Å². The lowest BCUT2D eigenvalue weighted by molar-refractivity contribution is 0.195. The molecule has 0 aromatic carbocycles. The van der Waals surface area contributed by atoms with Crippen LogP contribution in [0.4, 0.5) is 0 Å². The van der Waals surface area contributed by atoms with E-state index in [9.17, 15) is 0 Å².